The number of rotatable bonds is 1. The molecule has 2 rings (SSSR count). The van der Waals surface area contributed by atoms with Crippen molar-refractivity contribution in [3.05, 3.63) is 29.8 Å². The van der Waals surface area contributed by atoms with Crippen molar-refractivity contribution >= 4 is 13.2 Å². The maximum absolute atomic E-state index is 2.44. The highest BCUT2D eigenvalue weighted by Crippen LogP contribution is 2.36. The molecule has 0 amide bonds. The Morgan fingerprint density at radius 3 is 2.21 bits per heavy atom. The number of aryl methyl sites for hydroxylation is 1. The van der Waals surface area contributed by atoms with Crippen LogP contribution >= 0.6 is 7.92 Å². The van der Waals surface area contributed by atoms with Crippen LogP contribution in [0, 0.1) is 6.92 Å². The second-order valence-electron chi connectivity index (χ2n) is 4.13. The summed E-state index contributed by atoms with van der Waals surface area (Å²) in [4.78, 5) is 2.44. The minimum absolute atomic E-state index is 0.152. The maximum atomic E-state index is 2.44. The molecule has 0 atom stereocenters. The predicted molar refractivity (Wildman–Crippen MR) is 65.0 cm³/mol. The summed E-state index contributed by atoms with van der Waals surface area (Å²) in [6.07, 6.45) is 2.77. The van der Waals surface area contributed by atoms with Gasteiger partial charge in [-0.2, -0.15) is 0 Å². The summed E-state index contributed by atoms with van der Waals surface area (Å²) >= 11 is 0. The van der Waals surface area contributed by atoms with E-state index in [-0.39, 0.29) is 7.92 Å². The topological polar surface area (TPSA) is 3.24 Å². The van der Waals surface area contributed by atoms with Crippen LogP contribution in [0.4, 0.5) is 0 Å². The number of benzene rings is 1. The lowest BCUT2D eigenvalue weighted by molar-refractivity contribution is 0.369. The van der Waals surface area contributed by atoms with Crippen molar-refractivity contribution in [2.45, 2.75) is 6.92 Å². The Bertz CT molecular complexity index is 286. The monoisotopic (exact) mass is 207 g/mol. The zero-order chi connectivity index (χ0) is 9.97. The first kappa shape index (κ1) is 10.1. The summed E-state index contributed by atoms with van der Waals surface area (Å²) in [5, 5.41) is 1.60. The second-order valence-corrected chi connectivity index (χ2v) is 6.62. The van der Waals surface area contributed by atoms with Gasteiger partial charge in [-0.05, 0) is 31.6 Å². The molecule has 1 aromatic rings. The molecule has 0 radical (unpaired) electrons. The Hall–Kier alpha value is -0.390. The number of nitrogens with zero attached hydrogens (tertiary/aromatic N) is 1. The molecule has 1 nitrogen and oxygen atoms in total. The Labute approximate surface area is 87.9 Å². The molecule has 1 heterocycles. The molecule has 0 spiro atoms. The van der Waals surface area contributed by atoms with Gasteiger partial charge in [0.2, 0.25) is 0 Å². The molecular formula is C12H18NP. The quantitative estimate of drug-likeness (QED) is 0.637. The van der Waals surface area contributed by atoms with Crippen molar-refractivity contribution in [3.8, 4) is 0 Å². The van der Waals surface area contributed by atoms with Gasteiger partial charge in [-0.3, -0.25) is 0 Å². The first-order valence-electron chi connectivity index (χ1n) is 5.26. The van der Waals surface area contributed by atoms with Crippen molar-refractivity contribution < 1.29 is 0 Å². The molecule has 0 saturated carbocycles. The van der Waals surface area contributed by atoms with Crippen LogP contribution in [0.25, 0.3) is 0 Å². The van der Waals surface area contributed by atoms with Crippen molar-refractivity contribution in [3.63, 3.8) is 0 Å². The van der Waals surface area contributed by atoms with Crippen LogP contribution < -0.4 is 5.30 Å². The van der Waals surface area contributed by atoms with Gasteiger partial charge in [0, 0.05) is 13.1 Å². The van der Waals surface area contributed by atoms with Gasteiger partial charge >= 0.3 is 0 Å². The summed E-state index contributed by atoms with van der Waals surface area (Å²) in [5.74, 6) is 0. The van der Waals surface area contributed by atoms with Crippen LogP contribution in [0.2, 0.25) is 0 Å². The Kier molecular flexibility index (Phi) is 3.20. The lowest BCUT2D eigenvalue weighted by atomic mass is 10.2. The highest BCUT2D eigenvalue weighted by molar-refractivity contribution is 7.65. The third-order valence-corrected chi connectivity index (χ3v) is 5.41. The summed E-state index contributed by atoms with van der Waals surface area (Å²) in [5.41, 5.74) is 1.37. The van der Waals surface area contributed by atoms with E-state index in [1.54, 1.807) is 5.30 Å². The zero-order valence-electron chi connectivity index (χ0n) is 9.03. The van der Waals surface area contributed by atoms with Gasteiger partial charge < -0.3 is 4.90 Å². The molecule has 1 aromatic carbocycles. The molecule has 1 aliphatic heterocycles. The smallest absolute Gasteiger partial charge is 0.00208 e. The van der Waals surface area contributed by atoms with Crippen LogP contribution in [0.3, 0.4) is 0 Å². The van der Waals surface area contributed by atoms with E-state index in [0.717, 1.165) is 0 Å². The molecule has 1 fully saturated rings. The van der Waals surface area contributed by atoms with Crippen molar-refractivity contribution in [2.24, 2.45) is 0 Å². The van der Waals surface area contributed by atoms with E-state index < -0.39 is 0 Å². The highest BCUT2D eigenvalue weighted by Gasteiger charge is 2.17. The largest absolute Gasteiger partial charge is 0.306 e. The summed E-state index contributed by atoms with van der Waals surface area (Å²) in [6.45, 7) is 4.71. The Balaban J connectivity index is 2.05. The molecule has 1 aliphatic rings. The highest BCUT2D eigenvalue weighted by atomic mass is 31.1. The lowest BCUT2D eigenvalue weighted by Gasteiger charge is -2.29. The fraction of sp³-hybridized carbons (Fsp3) is 0.500. The van der Waals surface area contributed by atoms with Crippen LogP contribution in [-0.4, -0.2) is 37.4 Å². The lowest BCUT2D eigenvalue weighted by Crippen LogP contribution is -2.32. The van der Waals surface area contributed by atoms with Gasteiger partial charge in [0.05, 0.1) is 0 Å². The molecule has 0 unspecified atom stereocenters. The third kappa shape index (κ3) is 2.34. The van der Waals surface area contributed by atoms with Gasteiger partial charge in [0.1, 0.15) is 0 Å². The second kappa shape index (κ2) is 4.42. The van der Waals surface area contributed by atoms with Gasteiger partial charge in [-0.1, -0.05) is 37.8 Å². The molecule has 0 bridgehead atoms. The first-order valence-corrected chi connectivity index (χ1v) is 6.97. The maximum Gasteiger partial charge on any atom is 0.00208 e. The summed E-state index contributed by atoms with van der Waals surface area (Å²) < 4.78 is 0. The molecule has 1 saturated heterocycles. The zero-order valence-corrected chi connectivity index (χ0v) is 9.93. The fourth-order valence-corrected chi connectivity index (χ4v) is 4.30. The molecule has 0 N–H and O–H groups in total. The average Bonchev–Trinajstić information content (AvgIpc) is 2.21. The van der Waals surface area contributed by atoms with E-state index in [9.17, 15) is 0 Å². The molecule has 0 aromatic heterocycles. The van der Waals surface area contributed by atoms with Gasteiger partial charge in [-0.25, -0.2) is 0 Å². The van der Waals surface area contributed by atoms with E-state index in [1.807, 2.05) is 0 Å². The molecule has 0 aliphatic carbocycles. The first-order chi connectivity index (χ1) is 6.75. The molecular weight excluding hydrogens is 189 g/mol. The molecule has 76 valence electrons. The van der Waals surface area contributed by atoms with E-state index >= 15 is 0 Å². The molecule has 2 heteroatoms. The van der Waals surface area contributed by atoms with Gasteiger partial charge in [-0.15, -0.1) is 0 Å². The van der Waals surface area contributed by atoms with E-state index in [1.165, 1.54) is 31.0 Å². The standard InChI is InChI=1S/C12H18NP/c1-11-3-5-12(6-4-11)14-9-7-13(2)8-10-14/h3-6H,7-10H2,1-2H3. The Morgan fingerprint density at radius 1 is 1.07 bits per heavy atom. The summed E-state index contributed by atoms with van der Waals surface area (Å²) in [7, 11) is 2.38. The van der Waals surface area contributed by atoms with Crippen molar-refractivity contribution in [1.82, 2.24) is 4.90 Å². The minimum Gasteiger partial charge on any atom is -0.306 e. The normalized spacial score (nSPS) is 19.9. The van der Waals surface area contributed by atoms with E-state index in [2.05, 4.69) is 43.1 Å². The van der Waals surface area contributed by atoms with Gasteiger partial charge in [0.15, 0.2) is 0 Å². The van der Waals surface area contributed by atoms with Crippen LogP contribution in [0.1, 0.15) is 5.56 Å². The summed E-state index contributed by atoms with van der Waals surface area (Å²) in [6, 6.07) is 9.14. The van der Waals surface area contributed by atoms with Crippen LogP contribution in [0.5, 0.6) is 0 Å². The minimum atomic E-state index is 0.152. The van der Waals surface area contributed by atoms with Crippen LogP contribution in [-0.2, 0) is 0 Å². The van der Waals surface area contributed by atoms with Crippen molar-refractivity contribution in [1.29, 1.82) is 0 Å². The molecule has 14 heavy (non-hydrogen) atoms. The van der Waals surface area contributed by atoms with Crippen LogP contribution in [0.15, 0.2) is 24.3 Å². The fourth-order valence-electron chi connectivity index (χ4n) is 1.82. The average molecular weight is 207 g/mol. The number of hydrogen-bond acceptors (Lipinski definition) is 1. The third-order valence-electron chi connectivity index (χ3n) is 2.90. The SMILES string of the molecule is Cc1ccc(P2CCN(C)CC2)cc1. The predicted octanol–water partition coefficient (Wildman–Crippen LogP) is 2.05. The van der Waals surface area contributed by atoms with Gasteiger partial charge in [0.25, 0.3) is 0 Å². The van der Waals surface area contributed by atoms with Crippen molar-refractivity contribution in [2.75, 3.05) is 32.5 Å². The van der Waals surface area contributed by atoms with E-state index in [0.29, 0.717) is 0 Å². The van der Waals surface area contributed by atoms with E-state index in [4.69, 9.17) is 0 Å². The Morgan fingerprint density at radius 2 is 1.64 bits per heavy atom. The number of hydrogen-bond donors (Lipinski definition) is 0.